The molecule has 0 atom stereocenters. The van der Waals surface area contributed by atoms with Crippen LogP contribution in [0.1, 0.15) is 48.7 Å². The van der Waals surface area contributed by atoms with Gasteiger partial charge in [-0.25, -0.2) is 0 Å². The van der Waals surface area contributed by atoms with Crippen LogP contribution in [0.2, 0.25) is 0 Å². The molecule has 0 N–H and O–H groups in total. The molecular weight excluding hydrogens is 164 g/mol. The molecule has 0 fully saturated rings. The molecule has 2 heteroatoms. The van der Waals surface area contributed by atoms with Crippen molar-refractivity contribution in [2.45, 2.75) is 39.5 Å². The summed E-state index contributed by atoms with van der Waals surface area (Å²) in [4.78, 5) is 11.4. The van der Waals surface area contributed by atoms with Gasteiger partial charge in [-0.2, -0.15) is 0 Å². The van der Waals surface area contributed by atoms with E-state index in [1.54, 1.807) is 12.3 Å². The van der Waals surface area contributed by atoms with E-state index in [1.165, 1.54) is 0 Å². The molecule has 0 aliphatic rings. The van der Waals surface area contributed by atoms with Crippen molar-refractivity contribution in [2.24, 2.45) is 0 Å². The lowest BCUT2D eigenvalue weighted by atomic mass is 10.1. The summed E-state index contributed by atoms with van der Waals surface area (Å²) in [6.07, 6.45) is 5.46. The third-order valence-electron chi connectivity index (χ3n) is 2.01. The Morgan fingerprint density at radius 3 is 2.77 bits per heavy atom. The number of hydrogen-bond donors (Lipinski definition) is 0. The van der Waals surface area contributed by atoms with Gasteiger partial charge in [-0.15, -0.1) is 0 Å². The summed E-state index contributed by atoms with van der Waals surface area (Å²) >= 11 is 0. The van der Waals surface area contributed by atoms with E-state index in [0.717, 1.165) is 24.8 Å². The van der Waals surface area contributed by atoms with E-state index in [9.17, 15) is 4.79 Å². The van der Waals surface area contributed by atoms with Gasteiger partial charge in [-0.1, -0.05) is 19.8 Å². The molecule has 0 aromatic carbocycles. The Morgan fingerprint density at radius 2 is 2.23 bits per heavy atom. The average Bonchev–Trinajstić information content (AvgIpc) is 2.52. The number of Topliss-reactive ketones (excluding diaryl/α,β-unsaturated/α-hetero) is 1. The van der Waals surface area contributed by atoms with Gasteiger partial charge >= 0.3 is 0 Å². The first kappa shape index (κ1) is 10.0. The van der Waals surface area contributed by atoms with E-state index in [1.807, 2.05) is 6.92 Å². The Hall–Kier alpha value is -1.05. The third-order valence-corrected chi connectivity index (χ3v) is 2.01. The van der Waals surface area contributed by atoms with Gasteiger partial charge < -0.3 is 4.42 Å². The fourth-order valence-corrected chi connectivity index (χ4v) is 1.24. The highest BCUT2D eigenvalue weighted by atomic mass is 16.3. The Bertz CT molecular complexity index is 273. The molecule has 1 aromatic rings. The van der Waals surface area contributed by atoms with Crippen LogP contribution in [-0.2, 0) is 0 Å². The highest BCUT2D eigenvalue weighted by Crippen LogP contribution is 2.11. The second-order valence-corrected chi connectivity index (χ2v) is 3.37. The maximum atomic E-state index is 11.4. The first-order chi connectivity index (χ1) is 6.24. The molecule has 0 bridgehead atoms. The second kappa shape index (κ2) is 4.85. The maximum absolute atomic E-state index is 11.4. The summed E-state index contributed by atoms with van der Waals surface area (Å²) in [5, 5.41) is 0. The number of rotatable bonds is 5. The van der Waals surface area contributed by atoms with Gasteiger partial charge in [0.05, 0.1) is 6.26 Å². The topological polar surface area (TPSA) is 30.2 Å². The molecule has 0 amide bonds. The predicted molar refractivity (Wildman–Crippen MR) is 51.9 cm³/mol. The molecule has 1 aromatic heterocycles. The van der Waals surface area contributed by atoms with Crippen molar-refractivity contribution < 1.29 is 9.21 Å². The summed E-state index contributed by atoms with van der Waals surface area (Å²) in [5.41, 5.74) is 1.01. The van der Waals surface area contributed by atoms with Crippen LogP contribution in [0.25, 0.3) is 0 Å². The minimum Gasteiger partial charge on any atom is -0.461 e. The highest BCUT2D eigenvalue weighted by Gasteiger charge is 2.08. The molecular formula is C11H16O2. The molecule has 0 aliphatic heterocycles. The van der Waals surface area contributed by atoms with Gasteiger partial charge in [0.25, 0.3) is 0 Å². The van der Waals surface area contributed by atoms with Crippen molar-refractivity contribution in [2.75, 3.05) is 0 Å². The Labute approximate surface area is 78.9 Å². The number of carbonyl (C=O) groups excluding carboxylic acids is 1. The van der Waals surface area contributed by atoms with Crippen molar-refractivity contribution in [1.29, 1.82) is 0 Å². The number of hydrogen-bond acceptors (Lipinski definition) is 2. The van der Waals surface area contributed by atoms with Crippen LogP contribution in [0.3, 0.4) is 0 Å². The van der Waals surface area contributed by atoms with Gasteiger partial charge in [-0.05, 0) is 25.0 Å². The van der Waals surface area contributed by atoms with Crippen LogP contribution < -0.4 is 0 Å². The molecule has 0 aliphatic carbocycles. The number of ketones is 1. The van der Waals surface area contributed by atoms with Gasteiger partial charge in [0.15, 0.2) is 11.5 Å². The summed E-state index contributed by atoms with van der Waals surface area (Å²) in [6, 6.07) is 1.80. The van der Waals surface area contributed by atoms with Crippen molar-refractivity contribution in [1.82, 2.24) is 0 Å². The second-order valence-electron chi connectivity index (χ2n) is 3.37. The van der Waals surface area contributed by atoms with Crippen LogP contribution in [0.4, 0.5) is 0 Å². The quantitative estimate of drug-likeness (QED) is 0.513. The van der Waals surface area contributed by atoms with Gasteiger partial charge in [0.2, 0.25) is 0 Å². The van der Waals surface area contributed by atoms with Crippen LogP contribution >= 0.6 is 0 Å². The minimum atomic E-state index is 0.126. The third kappa shape index (κ3) is 3.05. The zero-order chi connectivity index (χ0) is 9.68. The summed E-state index contributed by atoms with van der Waals surface area (Å²) in [7, 11) is 0. The molecule has 0 saturated heterocycles. The smallest absolute Gasteiger partial charge is 0.197 e. The van der Waals surface area contributed by atoms with Crippen molar-refractivity contribution in [3.8, 4) is 0 Å². The molecule has 72 valence electrons. The predicted octanol–water partition coefficient (Wildman–Crippen LogP) is 3.35. The van der Waals surface area contributed by atoms with E-state index in [2.05, 4.69) is 6.92 Å². The average molecular weight is 180 g/mol. The zero-order valence-corrected chi connectivity index (χ0v) is 8.30. The zero-order valence-electron chi connectivity index (χ0n) is 8.30. The number of furan rings is 1. The van der Waals surface area contributed by atoms with Crippen LogP contribution in [0, 0.1) is 6.92 Å². The maximum Gasteiger partial charge on any atom is 0.197 e. The highest BCUT2D eigenvalue weighted by molar-refractivity contribution is 5.93. The van der Waals surface area contributed by atoms with E-state index in [0.29, 0.717) is 12.2 Å². The largest absolute Gasteiger partial charge is 0.461 e. The minimum absolute atomic E-state index is 0.126. The lowest BCUT2D eigenvalue weighted by molar-refractivity contribution is 0.0952. The number of unbranched alkanes of at least 4 members (excludes halogenated alkanes) is 2. The summed E-state index contributed by atoms with van der Waals surface area (Å²) < 4.78 is 5.11. The Morgan fingerprint density at radius 1 is 1.46 bits per heavy atom. The molecule has 1 rings (SSSR count). The fraction of sp³-hybridized carbons (Fsp3) is 0.545. The lowest BCUT2D eigenvalue weighted by Crippen LogP contribution is -1.96. The first-order valence-corrected chi connectivity index (χ1v) is 4.82. The number of carbonyl (C=O) groups is 1. The molecule has 13 heavy (non-hydrogen) atoms. The van der Waals surface area contributed by atoms with E-state index < -0.39 is 0 Å². The summed E-state index contributed by atoms with van der Waals surface area (Å²) in [5.74, 6) is 0.634. The van der Waals surface area contributed by atoms with E-state index >= 15 is 0 Å². The Kier molecular flexibility index (Phi) is 3.74. The van der Waals surface area contributed by atoms with Gasteiger partial charge in [0.1, 0.15) is 0 Å². The van der Waals surface area contributed by atoms with Crippen LogP contribution in [-0.4, -0.2) is 5.78 Å². The number of aryl methyl sites for hydroxylation is 1. The van der Waals surface area contributed by atoms with Crippen molar-refractivity contribution in [3.05, 3.63) is 23.7 Å². The molecule has 1 heterocycles. The van der Waals surface area contributed by atoms with Crippen molar-refractivity contribution in [3.63, 3.8) is 0 Å². The van der Waals surface area contributed by atoms with E-state index in [4.69, 9.17) is 4.42 Å². The van der Waals surface area contributed by atoms with E-state index in [-0.39, 0.29) is 5.78 Å². The summed E-state index contributed by atoms with van der Waals surface area (Å²) in [6.45, 7) is 4.05. The van der Waals surface area contributed by atoms with Gasteiger partial charge in [-0.3, -0.25) is 4.79 Å². The Balaban J connectivity index is 2.40. The monoisotopic (exact) mass is 180 g/mol. The van der Waals surface area contributed by atoms with Crippen LogP contribution in [0.5, 0.6) is 0 Å². The molecule has 0 unspecified atom stereocenters. The van der Waals surface area contributed by atoms with Crippen molar-refractivity contribution >= 4 is 5.78 Å². The molecule has 2 nitrogen and oxygen atoms in total. The molecule has 0 spiro atoms. The molecule has 0 radical (unpaired) electrons. The fourth-order valence-electron chi connectivity index (χ4n) is 1.24. The normalized spacial score (nSPS) is 10.3. The standard InChI is InChI=1S/C11H16O2/c1-3-4-5-6-10(12)11-7-9(2)8-13-11/h7-8H,3-6H2,1-2H3. The van der Waals surface area contributed by atoms with Gasteiger partial charge in [0, 0.05) is 6.42 Å². The lowest BCUT2D eigenvalue weighted by Gasteiger charge is -1.95. The van der Waals surface area contributed by atoms with Crippen LogP contribution in [0.15, 0.2) is 16.7 Å². The molecule has 0 saturated carbocycles. The SMILES string of the molecule is CCCCCC(=O)c1cc(C)co1. The first-order valence-electron chi connectivity index (χ1n) is 4.82.